The van der Waals surface area contributed by atoms with Gasteiger partial charge in [-0.1, -0.05) is 23.7 Å². The fourth-order valence-corrected chi connectivity index (χ4v) is 4.13. The van der Waals surface area contributed by atoms with Crippen molar-refractivity contribution >= 4 is 39.9 Å². The number of benzene rings is 1. The van der Waals surface area contributed by atoms with Crippen LogP contribution in [-0.4, -0.2) is 45.6 Å². The lowest BCUT2D eigenvalue weighted by Gasteiger charge is -2.27. The van der Waals surface area contributed by atoms with Gasteiger partial charge in [-0.15, -0.1) is 0 Å². The van der Waals surface area contributed by atoms with Gasteiger partial charge in [-0.3, -0.25) is 0 Å². The zero-order valence-electron chi connectivity index (χ0n) is 15.7. The molecule has 0 fully saturated rings. The number of amides is 2. The van der Waals surface area contributed by atoms with Crippen LogP contribution < -0.4 is 5.32 Å². The van der Waals surface area contributed by atoms with E-state index < -0.39 is 0 Å². The molecular formula is C21H20ClN5O2. The first kappa shape index (κ1) is 18.1. The number of carbonyl (C=O) groups excluding carboxylic acids is 1. The van der Waals surface area contributed by atoms with Gasteiger partial charge < -0.3 is 19.9 Å². The first-order valence-corrected chi connectivity index (χ1v) is 10.00. The third-order valence-corrected chi connectivity index (χ3v) is 5.64. The molecule has 29 heavy (non-hydrogen) atoms. The SMILES string of the molecule is O=C(Nc1cccc(Cl)c1)N1CC=C(c2ncnc3[nH]c4c(c23)COCC4)CC1. The average Bonchev–Trinajstić information content (AvgIpc) is 3.13. The summed E-state index contributed by atoms with van der Waals surface area (Å²) in [6, 6.07) is 7.01. The summed E-state index contributed by atoms with van der Waals surface area (Å²) >= 11 is 5.99. The molecule has 148 valence electrons. The average molecular weight is 410 g/mol. The highest BCUT2D eigenvalue weighted by molar-refractivity contribution is 6.30. The number of rotatable bonds is 2. The molecule has 0 atom stereocenters. The Balaban J connectivity index is 1.37. The first-order chi connectivity index (χ1) is 14.2. The smallest absolute Gasteiger partial charge is 0.322 e. The van der Waals surface area contributed by atoms with Gasteiger partial charge in [0, 0.05) is 41.5 Å². The maximum absolute atomic E-state index is 12.6. The summed E-state index contributed by atoms with van der Waals surface area (Å²) in [6.45, 7) is 2.45. The summed E-state index contributed by atoms with van der Waals surface area (Å²) in [5.74, 6) is 0. The number of nitrogens with one attached hydrogen (secondary N) is 2. The number of hydrogen-bond donors (Lipinski definition) is 2. The van der Waals surface area contributed by atoms with Crippen molar-refractivity contribution in [1.29, 1.82) is 0 Å². The number of urea groups is 1. The fraction of sp³-hybridized carbons (Fsp3) is 0.286. The van der Waals surface area contributed by atoms with E-state index >= 15 is 0 Å². The van der Waals surface area contributed by atoms with Gasteiger partial charge in [0.15, 0.2) is 0 Å². The summed E-state index contributed by atoms with van der Waals surface area (Å²) in [5, 5.41) is 4.54. The second-order valence-corrected chi connectivity index (χ2v) is 7.63. The van der Waals surface area contributed by atoms with E-state index in [1.165, 1.54) is 5.69 Å². The minimum Gasteiger partial charge on any atom is -0.376 e. The number of hydrogen-bond acceptors (Lipinski definition) is 4. The third-order valence-electron chi connectivity index (χ3n) is 5.40. The first-order valence-electron chi connectivity index (χ1n) is 9.62. The molecule has 0 aliphatic carbocycles. The number of anilines is 1. The van der Waals surface area contributed by atoms with Crippen molar-refractivity contribution in [2.75, 3.05) is 25.0 Å². The summed E-state index contributed by atoms with van der Waals surface area (Å²) in [7, 11) is 0. The number of aromatic amines is 1. The zero-order valence-corrected chi connectivity index (χ0v) is 16.5. The topological polar surface area (TPSA) is 83.1 Å². The van der Waals surface area contributed by atoms with Crippen LogP contribution in [0.5, 0.6) is 0 Å². The molecule has 2 aliphatic heterocycles. The Morgan fingerprint density at radius 1 is 1.28 bits per heavy atom. The molecule has 2 N–H and O–H groups in total. The lowest BCUT2D eigenvalue weighted by Crippen LogP contribution is -2.38. The van der Waals surface area contributed by atoms with E-state index in [-0.39, 0.29) is 6.03 Å². The Morgan fingerprint density at radius 3 is 3.03 bits per heavy atom. The van der Waals surface area contributed by atoms with Crippen LogP contribution in [-0.2, 0) is 17.8 Å². The molecule has 8 heteroatoms. The van der Waals surface area contributed by atoms with E-state index in [9.17, 15) is 4.79 Å². The Morgan fingerprint density at radius 2 is 2.21 bits per heavy atom. The van der Waals surface area contributed by atoms with E-state index in [0.29, 0.717) is 30.4 Å². The van der Waals surface area contributed by atoms with Gasteiger partial charge in [-0.2, -0.15) is 0 Å². The Kier molecular flexibility index (Phi) is 4.69. The van der Waals surface area contributed by atoms with Crippen LogP contribution >= 0.6 is 11.6 Å². The van der Waals surface area contributed by atoms with E-state index in [0.717, 1.165) is 47.3 Å². The van der Waals surface area contributed by atoms with Crippen LogP contribution in [0.2, 0.25) is 5.02 Å². The van der Waals surface area contributed by atoms with Crippen molar-refractivity contribution in [2.24, 2.45) is 0 Å². The molecule has 1 aromatic carbocycles. The lowest BCUT2D eigenvalue weighted by atomic mass is 9.99. The van der Waals surface area contributed by atoms with Crippen LogP contribution in [0.15, 0.2) is 36.7 Å². The summed E-state index contributed by atoms with van der Waals surface area (Å²) in [4.78, 5) is 26.7. The molecule has 2 amide bonds. The monoisotopic (exact) mass is 409 g/mol. The molecule has 4 heterocycles. The van der Waals surface area contributed by atoms with E-state index in [2.05, 4.69) is 26.3 Å². The number of carbonyl (C=O) groups is 1. The zero-order chi connectivity index (χ0) is 19.8. The number of nitrogens with zero attached hydrogens (tertiary/aromatic N) is 3. The predicted octanol–water partition coefficient (Wildman–Crippen LogP) is 4.01. The molecule has 2 aromatic heterocycles. The lowest BCUT2D eigenvalue weighted by molar-refractivity contribution is 0.111. The molecule has 0 spiro atoms. The molecule has 0 bridgehead atoms. The van der Waals surface area contributed by atoms with Crippen LogP contribution in [0.1, 0.15) is 23.4 Å². The summed E-state index contributed by atoms with van der Waals surface area (Å²) in [6.07, 6.45) is 5.27. The molecule has 0 saturated carbocycles. The highest BCUT2D eigenvalue weighted by Gasteiger charge is 2.24. The highest BCUT2D eigenvalue weighted by atomic mass is 35.5. The van der Waals surface area contributed by atoms with Gasteiger partial charge in [0.25, 0.3) is 0 Å². The molecule has 7 nitrogen and oxygen atoms in total. The fourth-order valence-electron chi connectivity index (χ4n) is 3.94. The molecule has 3 aromatic rings. The quantitative estimate of drug-likeness (QED) is 0.670. The Bertz CT molecular complexity index is 1120. The molecule has 0 radical (unpaired) electrons. The maximum atomic E-state index is 12.6. The summed E-state index contributed by atoms with van der Waals surface area (Å²) < 4.78 is 5.65. The standard InChI is InChI=1S/C21H20ClN5O2/c22-14-2-1-3-15(10-14)25-21(28)27-7-4-13(5-8-27)19-18-16-11-29-9-6-17(16)26-20(18)24-12-23-19/h1-4,10,12H,5-9,11H2,(H,25,28)(H,23,24,26). The van der Waals surface area contributed by atoms with Gasteiger partial charge >= 0.3 is 6.03 Å². The van der Waals surface area contributed by atoms with Crippen LogP contribution in [0, 0.1) is 0 Å². The summed E-state index contributed by atoms with van der Waals surface area (Å²) in [5.41, 5.74) is 5.96. The number of fused-ring (bicyclic) bond motifs is 3. The Labute approximate surface area is 172 Å². The molecule has 0 unspecified atom stereocenters. The maximum Gasteiger partial charge on any atom is 0.322 e. The normalized spacial score (nSPS) is 16.4. The third kappa shape index (κ3) is 3.47. The number of halogens is 1. The number of ether oxygens (including phenoxy) is 1. The molecule has 0 saturated heterocycles. The van der Waals surface area contributed by atoms with Crippen LogP contribution in [0.4, 0.5) is 10.5 Å². The molecule has 2 aliphatic rings. The largest absolute Gasteiger partial charge is 0.376 e. The van der Waals surface area contributed by atoms with E-state index in [1.807, 2.05) is 12.1 Å². The van der Waals surface area contributed by atoms with Crippen molar-refractivity contribution in [3.8, 4) is 0 Å². The minimum atomic E-state index is -0.136. The number of H-pyrrole nitrogens is 1. The van der Waals surface area contributed by atoms with Crippen molar-refractivity contribution < 1.29 is 9.53 Å². The van der Waals surface area contributed by atoms with Crippen LogP contribution in [0.25, 0.3) is 16.6 Å². The minimum absolute atomic E-state index is 0.136. The second-order valence-electron chi connectivity index (χ2n) is 7.20. The van der Waals surface area contributed by atoms with Gasteiger partial charge in [0.05, 0.1) is 24.3 Å². The highest BCUT2D eigenvalue weighted by Crippen LogP contribution is 2.32. The van der Waals surface area contributed by atoms with E-state index in [4.69, 9.17) is 16.3 Å². The van der Waals surface area contributed by atoms with Crippen molar-refractivity contribution in [1.82, 2.24) is 19.9 Å². The van der Waals surface area contributed by atoms with Crippen LogP contribution in [0.3, 0.4) is 0 Å². The van der Waals surface area contributed by atoms with E-state index in [1.54, 1.807) is 23.4 Å². The van der Waals surface area contributed by atoms with Crippen molar-refractivity contribution in [3.05, 3.63) is 58.6 Å². The molecular weight excluding hydrogens is 390 g/mol. The number of aromatic nitrogens is 3. The van der Waals surface area contributed by atoms with Gasteiger partial charge in [0.2, 0.25) is 0 Å². The molecule has 5 rings (SSSR count). The Hall–Kier alpha value is -2.90. The van der Waals surface area contributed by atoms with Crippen molar-refractivity contribution in [2.45, 2.75) is 19.4 Å². The second kappa shape index (κ2) is 7.50. The van der Waals surface area contributed by atoms with Gasteiger partial charge in [-0.05, 0) is 30.2 Å². The van der Waals surface area contributed by atoms with Gasteiger partial charge in [0.1, 0.15) is 12.0 Å². The van der Waals surface area contributed by atoms with Crippen molar-refractivity contribution in [3.63, 3.8) is 0 Å². The predicted molar refractivity (Wildman–Crippen MR) is 112 cm³/mol. The van der Waals surface area contributed by atoms with Gasteiger partial charge in [-0.25, -0.2) is 14.8 Å².